The van der Waals surface area contributed by atoms with E-state index in [-0.39, 0.29) is 32.4 Å². The van der Waals surface area contributed by atoms with Crippen LogP contribution < -0.4 is 9.47 Å². The van der Waals surface area contributed by atoms with Crippen molar-refractivity contribution in [3.63, 3.8) is 0 Å². The van der Waals surface area contributed by atoms with E-state index in [1.54, 1.807) is 133 Å². The molecule has 0 aliphatic rings. The number of carbonyl (C=O) groups excluding carboxylic acids is 5. The maximum atomic E-state index is 11.6. The average molecular weight is 663 g/mol. The molecule has 0 aromatic heterocycles. The second-order valence-corrected chi connectivity index (χ2v) is 9.71. The molecule has 0 aliphatic carbocycles. The lowest BCUT2D eigenvalue weighted by Crippen LogP contribution is -2.12. The highest BCUT2D eigenvalue weighted by molar-refractivity contribution is 6.02. The Labute approximate surface area is 283 Å². The molecule has 0 atom stereocenters. The van der Waals surface area contributed by atoms with Gasteiger partial charge in [0.05, 0.1) is 23.3 Å². The molecule has 0 bridgehead atoms. The Morgan fingerprint density at radius 2 is 0.898 bits per heavy atom. The molecule has 5 aromatic carbocycles. The van der Waals surface area contributed by atoms with Crippen molar-refractivity contribution in [3.05, 3.63) is 167 Å². The van der Waals surface area contributed by atoms with Crippen LogP contribution in [0.1, 0.15) is 51.8 Å². The first-order valence-corrected chi connectivity index (χ1v) is 15.0. The van der Waals surface area contributed by atoms with Crippen molar-refractivity contribution in [3.8, 4) is 11.5 Å². The molecular formula is C39H34O10. The Bertz CT molecular complexity index is 1710. The van der Waals surface area contributed by atoms with Gasteiger partial charge >= 0.3 is 17.9 Å². The highest BCUT2D eigenvalue weighted by atomic mass is 16.6. The zero-order valence-corrected chi connectivity index (χ0v) is 26.4. The van der Waals surface area contributed by atoms with E-state index in [1.165, 1.54) is 0 Å². The van der Waals surface area contributed by atoms with E-state index in [0.29, 0.717) is 39.3 Å². The van der Waals surface area contributed by atoms with E-state index >= 15 is 0 Å². The van der Waals surface area contributed by atoms with Crippen LogP contribution in [0.4, 0.5) is 0 Å². The summed E-state index contributed by atoms with van der Waals surface area (Å²) < 4.78 is 20.3. The number of aliphatic hydroxyl groups excluding tert-OH is 1. The summed E-state index contributed by atoms with van der Waals surface area (Å²) in [5.74, 6) is -0.478. The molecule has 0 unspecified atom stereocenters. The van der Waals surface area contributed by atoms with E-state index in [0.717, 1.165) is 12.6 Å². The van der Waals surface area contributed by atoms with Crippen LogP contribution in [0.25, 0.3) is 0 Å². The van der Waals surface area contributed by atoms with Gasteiger partial charge in [-0.15, -0.1) is 0 Å². The fraction of sp³-hybridized carbons (Fsp3) is 0.103. The number of hydrogen-bond donors (Lipinski definition) is 1. The fourth-order valence-electron chi connectivity index (χ4n) is 3.82. The lowest BCUT2D eigenvalue weighted by Gasteiger charge is -2.07. The molecule has 0 aliphatic heterocycles. The molecule has 0 saturated carbocycles. The fourth-order valence-corrected chi connectivity index (χ4v) is 3.82. The SMILES string of the molecule is O=C(OC(=O)c1ccccc1)c1ccccc1.O=Cc1cccc(OCCO)c1.O=Cc1cccc(OCCOC(=O)c2ccccc2)c1. The molecule has 0 amide bonds. The third-order valence-electron chi connectivity index (χ3n) is 6.15. The summed E-state index contributed by atoms with van der Waals surface area (Å²) >= 11 is 0. The van der Waals surface area contributed by atoms with Gasteiger partial charge in [0, 0.05) is 11.1 Å². The van der Waals surface area contributed by atoms with Gasteiger partial charge in [0.2, 0.25) is 0 Å². The van der Waals surface area contributed by atoms with Crippen molar-refractivity contribution in [2.24, 2.45) is 0 Å². The van der Waals surface area contributed by atoms with Crippen molar-refractivity contribution in [2.45, 2.75) is 0 Å². The number of benzene rings is 5. The summed E-state index contributed by atoms with van der Waals surface area (Å²) in [5.41, 5.74) is 2.35. The van der Waals surface area contributed by atoms with Crippen molar-refractivity contribution in [2.75, 3.05) is 26.4 Å². The summed E-state index contributed by atoms with van der Waals surface area (Å²) in [4.78, 5) is 55.7. The molecule has 5 rings (SSSR count). The van der Waals surface area contributed by atoms with Gasteiger partial charge in [-0.2, -0.15) is 0 Å². The Morgan fingerprint density at radius 3 is 1.31 bits per heavy atom. The van der Waals surface area contributed by atoms with Crippen LogP contribution in [-0.2, 0) is 9.47 Å². The Kier molecular flexibility index (Phi) is 16.2. The molecule has 0 heterocycles. The minimum absolute atomic E-state index is 0.0225. The smallest absolute Gasteiger partial charge is 0.346 e. The monoisotopic (exact) mass is 662 g/mol. The number of esters is 3. The number of aldehydes is 2. The zero-order valence-electron chi connectivity index (χ0n) is 26.4. The largest absolute Gasteiger partial charge is 0.491 e. The van der Waals surface area contributed by atoms with E-state index in [4.69, 9.17) is 24.1 Å². The first-order chi connectivity index (χ1) is 23.9. The lowest BCUT2D eigenvalue weighted by molar-refractivity contribution is 0.0395. The van der Waals surface area contributed by atoms with Gasteiger partial charge in [0.25, 0.3) is 0 Å². The van der Waals surface area contributed by atoms with E-state index in [1.807, 2.05) is 6.07 Å². The first-order valence-electron chi connectivity index (χ1n) is 15.0. The summed E-state index contributed by atoms with van der Waals surface area (Å²) in [6, 6.07) is 39.2. The minimum Gasteiger partial charge on any atom is -0.491 e. The van der Waals surface area contributed by atoms with Crippen LogP contribution in [0, 0.1) is 0 Å². The van der Waals surface area contributed by atoms with Gasteiger partial charge in [-0.05, 0) is 60.7 Å². The summed E-state index contributed by atoms with van der Waals surface area (Å²) in [7, 11) is 0. The van der Waals surface area contributed by atoms with Crippen LogP contribution in [-0.4, -0.2) is 62.0 Å². The molecule has 10 nitrogen and oxygen atoms in total. The van der Waals surface area contributed by atoms with Crippen LogP contribution in [0.2, 0.25) is 0 Å². The Balaban J connectivity index is 0.000000205. The zero-order chi connectivity index (χ0) is 35.1. The quantitative estimate of drug-likeness (QED) is 0.0701. The average Bonchev–Trinajstić information content (AvgIpc) is 3.17. The van der Waals surface area contributed by atoms with Crippen molar-refractivity contribution < 1.29 is 48.0 Å². The van der Waals surface area contributed by atoms with Crippen molar-refractivity contribution in [1.82, 2.24) is 0 Å². The molecule has 0 saturated heterocycles. The van der Waals surface area contributed by atoms with Gasteiger partial charge in [-0.1, -0.05) is 78.9 Å². The first kappa shape index (κ1) is 37.1. The molecule has 5 aromatic rings. The van der Waals surface area contributed by atoms with Crippen molar-refractivity contribution in [1.29, 1.82) is 0 Å². The topological polar surface area (TPSA) is 142 Å². The maximum Gasteiger partial charge on any atom is 0.346 e. The van der Waals surface area contributed by atoms with Crippen LogP contribution >= 0.6 is 0 Å². The highest BCUT2D eigenvalue weighted by Gasteiger charge is 2.13. The molecule has 10 heteroatoms. The molecule has 0 fully saturated rings. The maximum absolute atomic E-state index is 11.6. The highest BCUT2D eigenvalue weighted by Crippen LogP contribution is 2.13. The van der Waals surface area contributed by atoms with E-state index < -0.39 is 11.9 Å². The normalized spacial score (nSPS) is 9.65. The number of rotatable bonds is 12. The Hall–Kier alpha value is -6.39. The van der Waals surface area contributed by atoms with Gasteiger partial charge in [-0.3, -0.25) is 9.59 Å². The minimum atomic E-state index is -0.639. The number of aliphatic hydroxyl groups is 1. The van der Waals surface area contributed by atoms with Gasteiger partial charge < -0.3 is 24.1 Å². The lowest BCUT2D eigenvalue weighted by atomic mass is 10.2. The Morgan fingerprint density at radius 1 is 0.490 bits per heavy atom. The second kappa shape index (κ2) is 21.4. The molecular weight excluding hydrogens is 628 g/mol. The molecule has 1 N–H and O–H groups in total. The second-order valence-electron chi connectivity index (χ2n) is 9.71. The summed E-state index contributed by atoms with van der Waals surface area (Å²) in [6.07, 6.45) is 1.51. The molecule has 0 radical (unpaired) electrons. The van der Waals surface area contributed by atoms with Crippen LogP contribution in [0.5, 0.6) is 11.5 Å². The predicted molar refractivity (Wildman–Crippen MR) is 181 cm³/mol. The molecule has 250 valence electrons. The third kappa shape index (κ3) is 13.9. The van der Waals surface area contributed by atoms with Gasteiger partial charge in [0.1, 0.15) is 43.9 Å². The standard InChI is InChI=1S/C16H14O4.C14H10O3.C9H10O3/c17-12-13-5-4-8-15(11-13)19-9-10-20-16(18)14-6-2-1-3-7-14;15-13(11-7-3-1-4-8-11)17-14(16)12-9-5-2-6-10-12;10-4-5-12-9-3-1-2-8(6-9)7-11/h1-8,11-12H,9-10H2;1-10H;1-3,6-7,10H,4-5H2. The van der Waals surface area contributed by atoms with E-state index in [2.05, 4.69) is 0 Å². The van der Waals surface area contributed by atoms with Crippen LogP contribution in [0.3, 0.4) is 0 Å². The number of ether oxygens (including phenoxy) is 4. The van der Waals surface area contributed by atoms with Gasteiger partial charge in [-0.25, -0.2) is 14.4 Å². The molecule has 49 heavy (non-hydrogen) atoms. The van der Waals surface area contributed by atoms with Crippen LogP contribution in [0.15, 0.2) is 140 Å². The summed E-state index contributed by atoms with van der Waals surface area (Å²) in [6.45, 7) is 0.619. The summed E-state index contributed by atoms with van der Waals surface area (Å²) in [5, 5.41) is 8.46. The number of hydrogen-bond acceptors (Lipinski definition) is 10. The van der Waals surface area contributed by atoms with Gasteiger partial charge in [0.15, 0.2) is 0 Å². The predicted octanol–water partition coefficient (Wildman–Crippen LogP) is 6.29. The number of carbonyl (C=O) groups is 5. The third-order valence-corrected chi connectivity index (χ3v) is 6.15. The van der Waals surface area contributed by atoms with E-state index in [9.17, 15) is 24.0 Å². The van der Waals surface area contributed by atoms with Crippen molar-refractivity contribution >= 4 is 30.5 Å². The molecule has 0 spiro atoms.